The molecule has 0 spiro atoms. The molecule has 1 unspecified atom stereocenters. The molecule has 0 saturated heterocycles. The Morgan fingerprint density at radius 3 is 2.88 bits per heavy atom. The van der Waals surface area contributed by atoms with Crippen LogP contribution in [0.3, 0.4) is 0 Å². The number of hydrogen-bond donors (Lipinski definition) is 1. The summed E-state index contributed by atoms with van der Waals surface area (Å²) in [4.78, 5) is 0. The van der Waals surface area contributed by atoms with Crippen LogP contribution in [0.25, 0.3) is 5.69 Å². The second kappa shape index (κ2) is 4.48. The first-order chi connectivity index (χ1) is 7.59. The number of tetrazole rings is 1. The average Bonchev–Trinajstić information content (AvgIpc) is 2.66. The number of hydrogen-bond acceptors (Lipinski definition) is 4. The van der Waals surface area contributed by atoms with Gasteiger partial charge in [-0.25, -0.2) is 0 Å². The maximum Gasteiger partial charge on any atom is 0.173 e. The Bertz CT molecular complexity index is 510. The summed E-state index contributed by atoms with van der Waals surface area (Å²) in [6.07, 6.45) is 0. The third-order valence-electron chi connectivity index (χ3n) is 2.04. The van der Waals surface area contributed by atoms with Crippen LogP contribution in [0, 0.1) is 0 Å². The van der Waals surface area contributed by atoms with Crippen molar-refractivity contribution in [3.63, 3.8) is 0 Å². The van der Waals surface area contributed by atoms with Crippen molar-refractivity contribution in [3.05, 3.63) is 33.5 Å². The van der Waals surface area contributed by atoms with Gasteiger partial charge in [0.15, 0.2) is 5.82 Å². The van der Waals surface area contributed by atoms with Gasteiger partial charge in [-0.2, -0.15) is 4.68 Å². The van der Waals surface area contributed by atoms with E-state index in [9.17, 15) is 0 Å². The van der Waals surface area contributed by atoms with Crippen LogP contribution in [0.15, 0.2) is 22.7 Å². The van der Waals surface area contributed by atoms with Gasteiger partial charge >= 0.3 is 0 Å². The smallest absolute Gasteiger partial charge is 0.173 e. The van der Waals surface area contributed by atoms with E-state index in [1.54, 1.807) is 16.8 Å². The molecule has 1 aromatic heterocycles. The van der Waals surface area contributed by atoms with Gasteiger partial charge in [0.2, 0.25) is 0 Å². The van der Waals surface area contributed by atoms with Gasteiger partial charge in [0, 0.05) is 9.50 Å². The quantitative estimate of drug-likeness (QED) is 0.922. The molecule has 16 heavy (non-hydrogen) atoms. The van der Waals surface area contributed by atoms with Gasteiger partial charge in [-0.15, -0.1) is 5.10 Å². The van der Waals surface area contributed by atoms with E-state index in [4.69, 9.17) is 17.3 Å². The first kappa shape index (κ1) is 11.5. The van der Waals surface area contributed by atoms with E-state index >= 15 is 0 Å². The molecule has 1 heterocycles. The van der Waals surface area contributed by atoms with Gasteiger partial charge in [0.1, 0.15) is 0 Å². The predicted octanol–water partition coefficient (Wildman–Crippen LogP) is 2.10. The fourth-order valence-electron chi connectivity index (χ4n) is 1.30. The monoisotopic (exact) mass is 301 g/mol. The minimum atomic E-state index is -0.238. The third kappa shape index (κ3) is 2.09. The van der Waals surface area contributed by atoms with Gasteiger partial charge in [0.05, 0.1) is 11.7 Å². The lowest BCUT2D eigenvalue weighted by atomic mass is 10.3. The Labute approximate surface area is 106 Å². The number of halogens is 2. The van der Waals surface area contributed by atoms with Gasteiger partial charge in [-0.1, -0.05) is 11.6 Å². The zero-order valence-corrected chi connectivity index (χ0v) is 10.8. The highest BCUT2D eigenvalue weighted by atomic mass is 79.9. The van der Waals surface area contributed by atoms with Gasteiger partial charge in [-0.05, 0) is 51.5 Å². The van der Waals surface area contributed by atoms with Gasteiger partial charge in [-0.3, -0.25) is 0 Å². The van der Waals surface area contributed by atoms with Crippen LogP contribution in [-0.2, 0) is 0 Å². The van der Waals surface area contributed by atoms with Crippen molar-refractivity contribution in [1.82, 2.24) is 20.2 Å². The highest BCUT2D eigenvalue weighted by Gasteiger charge is 2.14. The second-order valence-electron chi connectivity index (χ2n) is 3.33. The topological polar surface area (TPSA) is 69.6 Å². The van der Waals surface area contributed by atoms with E-state index in [2.05, 4.69) is 31.5 Å². The lowest BCUT2D eigenvalue weighted by Gasteiger charge is -2.08. The summed E-state index contributed by atoms with van der Waals surface area (Å²) in [5, 5.41) is 12.0. The second-order valence-corrected chi connectivity index (χ2v) is 4.62. The van der Waals surface area contributed by atoms with Crippen molar-refractivity contribution >= 4 is 27.5 Å². The summed E-state index contributed by atoms with van der Waals surface area (Å²) in [6.45, 7) is 1.83. The molecule has 1 atom stereocenters. The molecule has 0 amide bonds. The maximum absolute atomic E-state index is 5.87. The molecular formula is C9H9BrClN5. The molecule has 0 fully saturated rings. The number of benzene rings is 1. The standard InChI is InChI=1S/C9H9BrClN5/c1-5(12)9-13-14-15-16(9)8-3-2-6(11)4-7(8)10/h2-5H,12H2,1H3. The maximum atomic E-state index is 5.87. The molecule has 0 aliphatic carbocycles. The number of nitrogens with zero attached hydrogens (tertiary/aromatic N) is 4. The largest absolute Gasteiger partial charge is 0.321 e. The molecule has 0 saturated carbocycles. The first-order valence-corrected chi connectivity index (χ1v) is 5.76. The zero-order valence-electron chi connectivity index (χ0n) is 8.43. The molecule has 0 radical (unpaired) electrons. The van der Waals surface area contributed by atoms with E-state index in [1.807, 2.05) is 13.0 Å². The predicted molar refractivity (Wildman–Crippen MR) is 64.5 cm³/mol. The van der Waals surface area contributed by atoms with Crippen molar-refractivity contribution < 1.29 is 0 Å². The average molecular weight is 303 g/mol. The van der Waals surface area contributed by atoms with Crippen LogP contribution in [0.1, 0.15) is 18.8 Å². The molecule has 2 aromatic rings. The van der Waals surface area contributed by atoms with Crippen molar-refractivity contribution in [2.75, 3.05) is 0 Å². The number of rotatable bonds is 2. The SMILES string of the molecule is CC(N)c1nnnn1-c1ccc(Cl)cc1Br. The van der Waals surface area contributed by atoms with Crippen molar-refractivity contribution in [3.8, 4) is 5.69 Å². The summed E-state index contributed by atoms with van der Waals surface area (Å²) >= 11 is 9.28. The summed E-state index contributed by atoms with van der Waals surface area (Å²) in [6, 6.07) is 5.14. The molecule has 7 heteroatoms. The Morgan fingerprint density at radius 1 is 1.50 bits per heavy atom. The fraction of sp³-hybridized carbons (Fsp3) is 0.222. The number of aromatic nitrogens is 4. The highest BCUT2D eigenvalue weighted by molar-refractivity contribution is 9.10. The zero-order chi connectivity index (χ0) is 11.7. The molecule has 84 valence electrons. The lowest BCUT2D eigenvalue weighted by molar-refractivity contribution is 0.687. The van der Waals surface area contributed by atoms with Crippen LogP contribution in [-0.4, -0.2) is 20.2 Å². The van der Waals surface area contributed by atoms with Crippen LogP contribution in [0.2, 0.25) is 5.02 Å². The third-order valence-corrected chi connectivity index (χ3v) is 2.91. The Hall–Kier alpha value is -0.980. The van der Waals surface area contributed by atoms with Crippen molar-refractivity contribution in [1.29, 1.82) is 0 Å². The number of nitrogens with two attached hydrogens (primary N) is 1. The van der Waals surface area contributed by atoms with Gasteiger partial charge in [0.25, 0.3) is 0 Å². The van der Waals surface area contributed by atoms with Crippen molar-refractivity contribution in [2.45, 2.75) is 13.0 Å². The Balaban J connectivity index is 2.54. The minimum Gasteiger partial charge on any atom is -0.321 e. The first-order valence-electron chi connectivity index (χ1n) is 4.59. The molecule has 1 aromatic carbocycles. The van der Waals surface area contributed by atoms with E-state index < -0.39 is 0 Å². The molecular weight excluding hydrogens is 293 g/mol. The summed E-state index contributed by atoms with van der Waals surface area (Å²) in [7, 11) is 0. The van der Waals surface area contributed by atoms with Crippen LogP contribution >= 0.6 is 27.5 Å². The molecule has 2 rings (SSSR count). The van der Waals surface area contributed by atoms with E-state index in [1.165, 1.54) is 0 Å². The summed E-state index contributed by atoms with van der Waals surface area (Å²) < 4.78 is 2.40. The highest BCUT2D eigenvalue weighted by Crippen LogP contribution is 2.25. The summed E-state index contributed by atoms with van der Waals surface area (Å²) in [5.74, 6) is 0.600. The minimum absolute atomic E-state index is 0.238. The van der Waals surface area contributed by atoms with Crippen LogP contribution in [0.4, 0.5) is 0 Å². The van der Waals surface area contributed by atoms with E-state index in [0.29, 0.717) is 10.8 Å². The molecule has 0 bridgehead atoms. The van der Waals surface area contributed by atoms with Gasteiger partial charge < -0.3 is 5.73 Å². The fourth-order valence-corrected chi connectivity index (χ4v) is 2.15. The molecule has 5 nitrogen and oxygen atoms in total. The Kier molecular flexibility index (Phi) is 3.22. The molecule has 0 aliphatic heterocycles. The molecule has 2 N–H and O–H groups in total. The van der Waals surface area contributed by atoms with E-state index in [0.717, 1.165) is 10.2 Å². The molecule has 0 aliphatic rings. The van der Waals surface area contributed by atoms with E-state index in [-0.39, 0.29) is 6.04 Å². The van der Waals surface area contributed by atoms with Crippen LogP contribution < -0.4 is 5.73 Å². The summed E-state index contributed by atoms with van der Waals surface area (Å²) in [5.41, 5.74) is 6.58. The lowest BCUT2D eigenvalue weighted by Crippen LogP contribution is -2.13. The van der Waals surface area contributed by atoms with Crippen molar-refractivity contribution in [2.24, 2.45) is 5.73 Å². The van der Waals surface area contributed by atoms with Crippen LogP contribution in [0.5, 0.6) is 0 Å². The normalized spacial score (nSPS) is 12.8. The Morgan fingerprint density at radius 2 is 2.25 bits per heavy atom.